The zero-order valence-electron chi connectivity index (χ0n) is 14.6. The Morgan fingerprint density at radius 3 is 2.54 bits per heavy atom. The maximum atomic E-state index is 13.7. The third-order valence-electron chi connectivity index (χ3n) is 6.23. The van der Waals surface area contributed by atoms with Crippen LogP contribution in [-0.2, 0) is 9.59 Å². The van der Waals surface area contributed by atoms with E-state index in [4.69, 9.17) is 0 Å². The van der Waals surface area contributed by atoms with Crippen LogP contribution in [0.3, 0.4) is 0 Å². The van der Waals surface area contributed by atoms with Gasteiger partial charge in [0.15, 0.2) is 0 Å². The number of nitrogens with zero attached hydrogens (tertiary/aromatic N) is 1. The first-order valence-electron chi connectivity index (χ1n) is 9.11. The number of carbonyl (C=O) groups excluding carboxylic acids is 2. The van der Waals surface area contributed by atoms with Gasteiger partial charge in [0.05, 0.1) is 18.6 Å². The fourth-order valence-corrected chi connectivity index (χ4v) is 4.94. The molecule has 0 aromatic carbocycles. The third-order valence-corrected chi connectivity index (χ3v) is 6.23. The lowest BCUT2D eigenvalue weighted by molar-refractivity contribution is -0.122. The molecule has 136 valence electrons. The Bertz CT molecular complexity index is 511. The molecule has 3 fully saturated rings. The Labute approximate surface area is 142 Å². The van der Waals surface area contributed by atoms with E-state index in [1.807, 2.05) is 0 Å². The summed E-state index contributed by atoms with van der Waals surface area (Å²) in [6.45, 7) is 4.22. The summed E-state index contributed by atoms with van der Waals surface area (Å²) >= 11 is 0. The van der Waals surface area contributed by atoms with Crippen molar-refractivity contribution in [1.29, 1.82) is 0 Å². The molecule has 1 N–H and O–H groups in total. The van der Waals surface area contributed by atoms with Crippen LogP contribution in [0.4, 0.5) is 8.78 Å². The summed E-state index contributed by atoms with van der Waals surface area (Å²) in [5.41, 5.74) is 0. The van der Waals surface area contributed by atoms with Crippen molar-refractivity contribution < 1.29 is 18.4 Å². The second-order valence-corrected chi connectivity index (χ2v) is 8.12. The van der Waals surface area contributed by atoms with Gasteiger partial charge in [-0.1, -0.05) is 0 Å². The normalized spacial score (nSPS) is 39.4. The first-order valence-corrected chi connectivity index (χ1v) is 9.11. The van der Waals surface area contributed by atoms with Crippen LogP contribution >= 0.6 is 0 Å². The molecule has 0 aromatic rings. The molecular formula is C18H28F2N2O2. The van der Waals surface area contributed by atoms with Crippen molar-refractivity contribution >= 4 is 11.6 Å². The minimum atomic E-state index is -2.75. The Balaban J connectivity index is 1.60. The summed E-state index contributed by atoms with van der Waals surface area (Å²) in [6, 6.07) is -0.679. The van der Waals surface area contributed by atoms with Gasteiger partial charge >= 0.3 is 0 Å². The van der Waals surface area contributed by atoms with Crippen LogP contribution in [0.2, 0.25) is 0 Å². The quantitative estimate of drug-likeness (QED) is 0.851. The van der Waals surface area contributed by atoms with Gasteiger partial charge in [0.1, 0.15) is 11.6 Å². The second-order valence-electron chi connectivity index (χ2n) is 8.12. The molecule has 2 aliphatic heterocycles. The zero-order chi connectivity index (χ0) is 17.5. The summed E-state index contributed by atoms with van der Waals surface area (Å²) in [5.74, 6) is -1.26. The van der Waals surface area contributed by atoms with Crippen molar-refractivity contribution in [2.75, 3.05) is 19.6 Å². The molecule has 4 nitrogen and oxygen atoms in total. The van der Waals surface area contributed by atoms with Gasteiger partial charge in [0.2, 0.25) is 0 Å². The second kappa shape index (κ2) is 6.79. The lowest BCUT2D eigenvalue weighted by Crippen LogP contribution is -2.50. The first kappa shape index (κ1) is 17.9. The molecule has 3 rings (SSSR count). The molecule has 1 aliphatic carbocycles. The van der Waals surface area contributed by atoms with E-state index >= 15 is 0 Å². The standard InChI is InChI=1S/C18H28F2N2O2/c1-11(23)16-6-15-5-13(3-4-14(15)8-21-16)9-22-10-18(19,20)7-17(22)12(2)24/h13-17,21H,3-10H2,1-2H3. The molecule has 2 heterocycles. The lowest BCUT2D eigenvalue weighted by Gasteiger charge is -2.43. The maximum Gasteiger partial charge on any atom is 0.262 e. The first-order chi connectivity index (χ1) is 11.2. The molecule has 0 spiro atoms. The van der Waals surface area contributed by atoms with E-state index in [1.165, 1.54) is 6.92 Å². The third kappa shape index (κ3) is 3.85. The van der Waals surface area contributed by atoms with Crippen LogP contribution in [0.1, 0.15) is 46.0 Å². The highest BCUT2D eigenvalue weighted by Gasteiger charge is 2.47. The topological polar surface area (TPSA) is 49.4 Å². The number of fused-ring (bicyclic) bond motifs is 1. The summed E-state index contributed by atoms with van der Waals surface area (Å²) in [6.07, 6.45) is 3.63. The molecule has 5 unspecified atom stereocenters. The monoisotopic (exact) mass is 342 g/mol. The number of halogens is 2. The van der Waals surface area contributed by atoms with Crippen LogP contribution in [0, 0.1) is 17.8 Å². The predicted octanol–water partition coefficient (Wildman–Crippen LogP) is 2.27. The van der Waals surface area contributed by atoms with E-state index in [0.717, 1.165) is 32.2 Å². The summed E-state index contributed by atoms with van der Waals surface area (Å²) < 4.78 is 27.5. The van der Waals surface area contributed by atoms with Crippen molar-refractivity contribution in [2.24, 2.45) is 17.8 Å². The Morgan fingerprint density at radius 1 is 1.12 bits per heavy atom. The highest BCUT2D eigenvalue weighted by Crippen LogP contribution is 2.40. The molecular weight excluding hydrogens is 314 g/mol. The van der Waals surface area contributed by atoms with Gasteiger partial charge in [-0.25, -0.2) is 8.78 Å². The number of alkyl halides is 2. The highest BCUT2D eigenvalue weighted by atomic mass is 19.3. The average Bonchev–Trinajstić information content (AvgIpc) is 2.81. The molecule has 0 aromatic heterocycles. The molecule has 0 radical (unpaired) electrons. The number of nitrogens with one attached hydrogen (secondary N) is 1. The number of carbonyl (C=O) groups is 2. The van der Waals surface area contributed by atoms with Crippen molar-refractivity contribution in [3.63, 3.8) is 0 Å². The van der Waals surface area contributed by atoms with Crippen molar-refractivity contribution in [3.8, 4) is 0 Å². The molecule has 5 atom stereocenters. The van der Waals surface area contributed by atoms with Crippen molar-refractivity contribution in [2.45, 2.75) is 64.0 Å². The molecule has 0 bridgehead atoms. The number of Topliss-reactive ketones (excluding diaryl/α,β-unsaturated/α-hetero) is 2. The zero-order valence-corrected chi connectivity index (χ0v) is 14.6. The van der Waals surface area contributed by atoms with Crippen LogP contribution in [-0.4, -0.2) is 54.1 Å². The van der Waals surface area contributed by atoms with Gasteiger partial charge < -0.3 is 5.32 Å². The van der Waals surface area contributed by atoms with E-state index in [-0.39, 0.29) is 30.6 Å². The van der Waals surface area contributed by atoms with Crippen LogP contribution in [0.25, 0.3) is 0 Å². The van der Waals surface area contributed by atoms with Crippen LogP contribution in [0.5, 0.6) is 0 Å². The summed E-state index contributed by atoms with van der Waals surface area (Å²) in [5, 5.41) is 3.33. The minimum Gasteiger partial charge on any atom is -0.307 e. The Kier molecular flexibility index (Phi) is 5.07. The molecule has 2 saturated heterocycles. The fourth-order valence-electron chi connectivity index (χ4n) is 4.94. The predicted molar refractivity (Wildman–Crippen MR) is 87.0 cm³/mol. The fraction of sp³-hybridized carbons (Fsp3) is 0.889. The minimum absolute atomic E-state index is 0.0499. The molecule has 0 amide bonds. The smallest absolute Gasteiger partial charge is 0.262 e. The summed E-state index contributed by atoms with van der Waals surface area (Å²) in [7, 11) is 0. The molecule has 1 saturated carbocycles. The lowest BCUT2D eigenvalue weighted by atomic mass is 9.69. The van der Waals surface area contributed by atoms with E-state index in [2.05, 4.69) is 5.32 Å². The molecule has 6 heteroatoms. The van der Waals surface area contributed by atoms with Gasteiger partial charge in [-0.05, 0) is 63.8 Å². The number of ketones is 2. The van der Waals surface area contributed by atoms with Crippen LogP contribution in [0.15, 0.2) is 0 Å². The SMILES string of the molecule is CC(=O)C1CC2CC(CN3CC(F)(F)CC3C(C)=O)CCC2CN1. The van der Waals surface area contributed by atoms with Gasteiger partial charge in [-0.15, -0.1) is 0 Å². The van der Waals surface area contributed by atoms with Gasteiger partial charge in [-0.2, -0.15) is 0 Å². The van der Waals surface area contributed by atoms with Crippen LogP contribution < -0.4 is 5.32 Å². The van der Waals surface area contributed by atoms with Gasteiger partial charge in [0.25, 0.3) is 5.92 Å². The number of rotatable bonds is 4. The number of likely N-dealkylation sites (tertiary alicyclic amines) is 1. The van der Waals surface area contributed by atoms with Crippen molar-refractivity contribution in [3.05, 3.63) is 0 Å². The van der Waals surface area contributed by atoms with Gasteiger partial charge in [0, 0.05) is 13.0 Å². The number of hydrogen-bond donors (Lipinski definition) is 1. The van der Waals surface area contributed by atoms with Crippen molar-refractivity contribution in [1.82, 2.24) is 10.2 Å². The summed E-state index contributed by atoms with van der Waals surface area (Å²) in [4.78, 5) is 25.0. The molecule has 24 heavy (non-hydrogen) atoms. The number of hydrogen-bond acceptors (Lipinski definition) is 4. The molecule has 3 aliphatic rings. The van der Waals surface area contributed by atoms with E-state index in [1.54, 1.807) is 11.8 Å². The van der Waals surface area contributed by atoms with Gasteiger partial charge in [-0.3, -0.25) is 14.5 Å². The van der Waals surface area contributed by atoms with E-state index in [9.17, 15) is 18.4 Å². The largest absolute Gasteiger partial charge is 0.307 e. The van der Waals surface area contributed by atoms with E-state index < -0.39 is 12.0 Å². The number of piperidine rings is 1. The Hall–Kier alpha value is -0.880. The van der Waals surface area contributed by atoms with E-state index in [0.29, 0.717) is 24.3 Å². The average molecular weight is 342 g/mol. The maximum absolute atomic E-state index is 13.7. The highest BCUT2D eigenvalue weighted by molar-refractivity contribution is 5.82. The Morgan fingerprint density at radius 2 is 1.88 bits per heavy atom.